The molecule has 5 nitrogen and oxygen atoms in total. The lowest BCUT2D eigenvalue weighted by atomic mass is 9.98. The van der Waals surface area contributed by atoms with E-state index < -0.39 is 10.0 Å². The minimum absolute atomic E-state index is 0.365. The van der Waals surface area contributed by atoms with Gasteiger partial charge in [0.2, 0.25) is 10.0 Å². The van der Waals surface area contributed by atoms with Gasteiger partial charge in [-0.3, -0.25) is 4.72 Å². The molecule has 0 saturated carbocycles. The Morgan fingerprint density at radius 1 is 1.08 bits per heavy atom. The Hall–Kier alpha value is -2.60. The summed E-state index contributed by atoms with van der Waals surface area (Å²) in [5, 5.41) is 0.917. The van der Waals surface area contributed by atoms with E-state index in [0.29, 0.717) is 23.3 Å². The predicted molar refractivity (Wildman–Crippen MR) is 99.7 cm³/mol. The summed E-state index contributed by atoms with van der Waals surface area (Å²) in [6.07, 6.45) is 1.47. The average Bonchev–Trinajstić information content (AvgIpc) is 2.51. The highest BCUT2D eigenvalue weighted by atomic mass is 32.2. The Morgan fingerprint density at radius 2 is 1.84 bits per heavy atom. The van der Waals surface area contributed by atoms with Crippen molar-refractivity contribution in [1.82, 2.24) is 0 Å². The van der Waals surface area contributed by atoms with E-state index in [1.54, 1.807) is 24.3 Å². The van der Waals surface area contributed by atoms with Crippen molar-refractivity contribution < 1.29 is 12.8 Å². The summed E-state index contributed by atoms with van der Waals surface area (Å²) in [4.78, 5) is 12.4. The molecule has 6 heteroatoms. The molecule has 3 aromatic rings. The average molecular weight is 357 g/mol. The van der Waals surface area contributed by atoms with Gasteiger partial charge in [0.15, 0.2) is 0 Å². The molecule has 1 aromatic heterocycles. The Balaban J connectivity index is 2.04. The van der Waals surface area contributed by atoms with E-state index in [1.807, 2.05) is 32.0 Å². The van der Waals surface area contributed by atoms with Crippen LogP contribution < -0.4 is 10.3 Å². The molecular formula is C19H19NO4S. The van der Waals surface area contributed by atoms with Crippen molar-refractivity contribution >= 4 is 26.7 Å². The summed E-state index contributed by atoms with van der Waals surface area (Å²) in [6.45, 7) is 3.90. The minimum atomic E-state index is -3.35. The molecule has 0 fully saturated rings. The maximum Gasteiger partial charge on any atom is 0.340 e. The molecule has 0 spiro atoms. The highest BCUT2D eigenvalue weighted by molar-refractivity contribution is 7.92. The van der Waals surface area contributed by atoms with Crippen molar-refractivity contribution in [2.75, 3.05) is 11.0 Å². The normalized spacial score (nSPS) is 11.6. The minimum Gasteiger partial charge on any atom is -0.423 e. The van der Waals surface area contributed by atoms with Crippen LogP contribution in [0.2, 0.25) is 0 Å². The largest absolute Gasteiger partial charge is 0.423 e. The summed E-state index contributed by atoms with van der Waals surface area (Å²) in [5.74, 6) is 0. The molecule has 2 aromatic carbocycles. The number of benzene rings is 2. The smallest absolute Gasteiger partial charge is 0.340 e. The first-order chi connectivity index (χ1) is 11.7. The van der Waals surface area contributed by atoms with Crippen LogP contribution in [0.3, 0.4) is 0 Å². The maximum absolute atomic E-state index is 12.4. The molecule has 0 saturated heterocycles. The molecule has 0 amide bonds. The number of anilines is 1. The third-order valence-corrected chi connectivity index (χ3v) is 4.66. The van der Waals surface area contributed by atoms with Crippen LogP contribution in [0.1, 0.15) is 22.3 Å². The van der Waals surface area contributed by atoms with E-state index in [-0.39, 0.29) is 5.63 Å². The Bertz CT molecular complexity index is 1110. The number of sulfonamides is 1. The first-order valence-electron chi connectivity index (χ1n) is 7.82. The van der Waals surface area contributed by atoms with Gasteiger partial charge in [-0.25, -0.2) is 13.2 Å². The number of nitrogens with one attached hydrogen (secondary N) is 1. The second-order valence-corrected chi connectivity index (χ2v) is 7.99. The summed E-state index contributed by atoms with van der Waals surface area (Å²) in [7, 11) is -3.35. The third kappa shape index (κ3) is 3.91. The van der Waals surface area contributed by atoms with Crippen LogP contribution in [0.5, 0.6) is 0 Å². The summed E-state index contributed by atoms with van der Waals surface area (Å²) < 4.78 is 30.7. The van der Waals surface area contributed by atoms with Gasteiger partial charge in [0.25, 0.3) is 0 Å². The molecule has 0 radical (unpaired) electrons. The third-order valence-electron chi connectivity index (χ3n) is 4.05. The van der Waals surface area contributed by atoms with Crippen molar-refractivity contribution in [3.63, 3.8) is 0 Å². The molecule has 0 atom stereocenters. The molecule has 0 aliphatic heterocycles. The van der Waals surface area contributed by atoms with Gasteiger partial charge in [0.05, 0.1) is 6.26 Å². The number of hydrogen-bond acceptors (Lipinski definition) is 4. The number of hydrogen-bond donors (Lipinski definition) is 1. The fraction of sp³-hybridized carbons (Fsp3) is 0.211. The SMILES string of the molecule is Cc1ccc2oc(=O)c(Cc3cccc(NS(C)(=O)=O)c3)c(C)c2c1. The number of aryl methyl sites for hydroxylation is 2. The van der Waals surface area contributed by atoms with Crippen LogP contribution in [0.15, 0.2) is 51.7 Å². The molecule has 0 aliphatic carbocycles. The number of rotatable bonds is 4. The van der Waals surface area contributed by atoms with Gasteiger partial charge in [-0.05, 0) is 49.2 Å². The monoisotopic (exact) mass is 357 g/mol. The number of fused-ring (bicyclic) bond motifs is 1. The first-order valence-corrected chi connectivity index (χ1v) is 9.72. The van der Waals surface area contributed by atoms with Gasteiger partial charge in [0, 0.05) is 23.1 Å². The van der Waals surface area contributed by atoms with Crippen molar-refractivity contribution in [2.45, 2.75) is 20.3 Å². The highest BCUT2D eigenvalue weighted by Gasteiger charge is 2.13. The van der Waals surface area contributed by atoms with E-state index in [2.05, 4.69) is 4.72 Å². The molecule has 130 valence electrons. The summed E-state index contributed by atoms with van der Waals surface area (Å²) >= 11 is 0. The lowest BCUT2D eigenvalue weighted by Crippen LogP contribution is -2.12. The molecule has 1 heterocycles. The zero-order valence-electron chi connectivity index (χ0n) is 14.3. The van der Waals surface area contributed by atoms with Crippen molar-refractivity contribution in [3.8, 4) is 0 Å². The van der Waals surface area contributed by atoms with E-state index in [0.717, 1.165) is 28.3 Å². The summed E-state index contributed by atoms with van der Waals surface area (Å²) in [6, 6.07) is 12.7. The molecule has 0 unspecified atom stereocenters. The molecule has 0 bridgehead atoms. The fourth-order valence-electron chi connectivity index (χ4n) is 2.87. The molecular weight excluding hydrogens is 338 g/mol. The standard InChI is InChI=1S/C19H19NO4S/c1-12-7-8-18-16(9-12)13(2)17(19(21)24-18)11-14-5-4-6-15(10-14)20-25(3,22)23/h4-10,20H,11H2,1-3H3. The Morgan fingerprint density at radius 3 is 2.56 bits per heavy atom. The van der Waals surface area contributed by atoms with E-state index >= 15 is 0 Å². The van der Waals surface area contributed by atoms with Gasteiger partial charge < -0.3 is 4.42 Å². The molecule has 25 heavy (non-hydrogen) atoms. The van der Waals surface area contributed by atoms with E-state index in [4.69, 9.17) is 4.42 Å². The second kappa shape index (κ2) is 6.37. The molecule has 0 aliphatic rings. The van der Waals surface area contributed by atoms with Crippen LogP contribution >= 0.6 is 0 Å². The molecule has 1 N–H and O–H groups in total. The second-order valence-electron chi connectivity index (χ2n) is 6.24. The van der Waals surface area contributed by atoms with Crippen molar-refractivity contribution in [2.24, 2.45) is 0 Å². The van der Waals surface area contributed by atoms with Gasteiger partial charge >= 0.3 is 5.63 Å². The van der Waals surface area contributed by atoms with Crippen LogP contribution in [0, 0.1) is 13.8 Å². The summed E-state index contributed by atoms with van der Waals surface area (Å²) in [5.41, 5.74) is 4.06. The zero-order chi connectivity index (χ0) is 18.2. The first kappa shape index (κ1) is 17.2. The topological polar surface area (TPSA) is 76.4 Å². The predicted octanol–water partition coefficient (Wildman–Crippen LogP) is 3.37. The van der Waals surface area contributed by atoms with Crippen molar-refractivity contribution in [3.05, 3.63) is 75.1 Å². The van der Waals surface area contributed by atoms with Crippen LogP contribution in [0.25, 0.3) is 11.0 Å². The quantitative estimate of drug-likeness (QED) is 0.726. The van der Waals surface area contributed by atoms with Crippen LogP contribution in [-0.4, -0.2) is 14.7 Å². The van der Waals surface area contributed by atoms with Gasteiger partial charge in [-0.1, -0.05) is 23.8 Å². The highest BCUT2D eigenvalue weighted by Crippen LogP contribution is 2.23. The van der Waals surface area contributed by atoms with Gasteiger partial charge in [-0.15, -0.1) is 0 Å². The van der Waals surface area contributed by atoms with Gasteiger partial charge in [-0.2, -0.15) is 0 Å². The van der Waals surface area contributed by atoms with Crippen LogP contribution in [0.4, 0.5) is 5.69 Å². The molecule has 3 rings (SSSR count). The van der Waals surface area contributed by atoms with E-state index in [1.165, 1.54) is 0 Å². The van der Waals surface area contributed by atoms with E-state index in [9.17, 15) is 13.2 Å². The fourth-order valence-corrected chi connectivity index (χ4v) is 3.43. The Kier molecular flexibility index (Phi) is 4.39. The van der Waals surface area contributed by atoms with Gasteiger partial charge in [0.1, 0.15) is 5.58 Å². The van der Waals surface area contributed by atoms with Crippen LogP contribution in [-0.2, 0) is 16.4 Å². The zero-order valence-corrected chi connectivity index (χ0v) is 15.1. The van der Waals surface area contributed by atoms with Crippen molar-refractivity contribution in [1.29, 1.82) is 0 Å². The maximum atomic E-state index is 12.4. The Labute approximate surface area is 146 Å². The lowest BCUT2D eigenvalue weighted by Gasteiger charge is -2.10. The lowest BCUT2D eigenvalue weighted by molar-refractivity contribution is 0.551.